The van der Waals surface area contributed by atoms with Gasteiger partial charge in [0.15, 0.2) is 0 Å². The maximum absolute atomic E-state index is 14.8. The van der Waals surface area contributed by atoms with Crippen molar-refractivity contribution in [2.24, 2.45) is 0 Å². The van der Waals surface area contributed by atoms with Crippen LogP contribution in [0.25, 0.3) is 26.3 Å². The van der Waals surface area contributed by atoms with E-state index in [-0.39, 0.29) is 40.4 Å². The monoisotopic (exact) mass is 643 g/mol. The predicted molar refractivity (Wildman–Crippen MR) is 168 cm³/mol. The van der Waals surface area contributed by atoms with Gasteiger partial charge in [0.05, 0.1) is 31.8 Å². The summed E-state index contributed by atoms with van der Waals surface area (Å²) in [5.41, 5.74) is 2.61. The maximum Gasteiger partial charge on any atom is 0.343 e. The first-order chi connectivity index (χ1) is 20.8. The fraction of sp³-hybridized carbons (Fsp3) is 0.167. The van der Waals surface area contributed by atoms with Gasteiger partial charge in [0.1, 0.15) is 22.2 Å². The molecule has 0 aliphatic rings. The lowest BCUT2D eigenvalue weighted by atomic mass is 10.1. The number of carbonyl (C=O) groups excluding carboxylic acids is 1. The van der Waals surface area contributed by atoms with Crippen molar-refractivity contribution in [3.05, 3.63) is 110 Å². The molecule has 0 fully saturated rings. The summed E-state index contributed by atoms with van der Waals surface area (Å²) in [5, 5.41) is 5.94. The number of ether oxygens (including phenoxy) is 1. The molecular formula is C30H28ClF2N5O5S. The van der Waals surface area contributed by atoms with Crippen molar-refractivity contribution in [1.82, 2.24) is 19.9 Å². The molecule has 10 nitrogen and oxygen atoms in total. The number of amides is 2. The Morgan fingerprint density at radius 2 is 1.59 bits per heavy atom. The highest BCUT2D eigenvalue weighted by molar-refractivity contribution is 7.22. The minimum absolute atomic E-state index is 0. The van der Waals surface area contributed by atoms with Gasteiger partial charge in [-0.1, -0.05) is 18.2 Å². The number of benzene rings is 3. The van der Waals surface area contributed by atoms with E-state index in [1.165, 1.54) is 36.2 Å². The van der Waals surface area contributed by atoms with Gasteiger partial charge in [-0.2, -0.15) is 0 Å². The van der Waals surface area contributed by atoms with Gasteiger partial charge in [0.25, 0.3) is 5.56 Å². The van der Waals surface area contributed by atoms with Gasteiger partial charge in [-0.25, -0.2) is 28.4 Å². The molecule has 0 saturated heterocycles. The predicted octanol–water partition coefficient (Wildman–Crippen LogP) is 5.04. The zero-order chi connectivity index (χ0) is 30.7. The summed E-state index contributed by atoms with van der Waals surface area (Å²) in [6, 6.07) is 16.2. The van der Waals surface area contributed by atoms with Crippen LogP contribution in [-0.4, -0.2) is 36.4 Å². The number of aromatic nitrogens is 2. The highest BCUT2D eigenvalue weighted by atomic mass is 35.5. The molecule has 0 bridgehead atoms. The van der Waals surface area contributed by atoms with Crippen LogP contribution in [0.2, 0.25) is 0 Å². The van der Waals surface area contributed by atoms with Gasteiger partial charge >= 0.3 is 11.7 Å². The van der Waals surface area contributed by atoms with Crippen LogP contribution in [0, 0.1) is 11.6 Å². The molecule has 0 unspecified atom stereocenters. The number of hydroxylamine groups is 1. The molecule has 3 aromatic carbocycles. The Bertz CT molecular complexity index is 1900. The summed E-state index contributed by atoms with van der Waals surface area (Å²) in [4.78, 5) is 45.5. The average Bonchev–Trinajstić information content (AvgIpc) is 3.37. The van der Waals surface area contributed by atoms with E-state index in [4.69, 9.17) is 4.74 Å². The number of hydrogen-bond acceptors (Lipinski definition) is 7. The number of carbonyl (C=O) groups is 1. The SMILES string of the molecule is CNCc1c(-c2ccc(NC(=O)NOC)cc2)sc2c1c(=O)n(-c1ccc(OC)cc1)c(=O)n2Cc1c(F)cccc1F.Cl. The first-order valence-corrected chi connectivity index (χ1v) is 13.8. The molecule has 14 heteroatoms. The van der Waals surface area contributed by atoms with Crippen LogP contribution in [0.1, 0.15) is 11.1 Å². The molecule has 2 aromatic heterocycles. The third kappa shape index (κ3) is 6.21. The molecule has 3 N–H and O–H groups in total. The van der Waals surface area contributed by atoms with E-state index < -0.39 is 35.5 Å². The third-order valence-electron chi connectivity index (χ3n) is 6.73. The Morgan fingerprint density at radius 3 is 2.18 bits per heavy atom. The van der Waals surface area contributed by atoms with E-state index in [2.05, 4.69) is 21.0 Å². The smallest absolute Gasteiger partial charge is 0.343 e. The summed E-state index contributed by atoms with van der Waals surface area (Å²) >= 11 is 1.17. The molecular weight excluding hydrogens is 616 g/mol. The third-order valence-corrected chi connectivity index (χ3v) is 8.04. The normalized spacial score (nSPS) is 10.8. The molecule has 44 heavy (non-hydrogen) atoms. The number of thiophene rings is 1. The fourth-order valence-electron chi connectivity index (χ4n) is 4.74. The number of rotatable bonds is 9. The molecule has 2 heterocycles. The van der Waals surface area contributed by atoms with E-state index in [1.54, 1.807) is 55.6 Å². The first kappa shape index (κ1) is 32.4. The number of anilines is 1. The number of nitrogens with zero attached hydrogens (tertiary/aromatic N) is 2. The van der Waals surface area contributed by atoms with Crippen LogP contribution in [0.4, 0.5) is 19.3 Å². The van der Waals surface area contributed by atoms with E-state index in [0.717, 1.165) is 16.7 Å². The molecule has 2 amide bonds. The Morgan fingerprint density at radius 1 is 0.932 bits per heavy atom. The second kappa shape index (κ2) is 13.8. The van der Waals surface area contributed by atoms with Gasteiger partial charge in [0.2, 0.25) is 0 Å². The Kier molecular flexibility index (Phi) is 10.2. The van der Waals surface area contributed by atoms with Crippen molar-refractivity contribution < 1.29 is 23.1 Å². The quantitative estimate of drug-likeness (QED) is 0.194. The average molecular weight is 644 g/mol. The lowest BCUT2D eigenvalue weighted by Gasteiger charge is -2.14. The van der Waals surface area contributed by atoms with Crippen molar-refractivity contribution in [2.75, 3.05) is 26.6 Å². The zero-order valence-electron chi connectivity index (χ0n) is 23.8. The number of urea groups is 1. The minimum atomic E-state index is -0.810. The van der Waals surface area contributed by atoms with Crippen LogP contribution in [0.15, 0.2) is 76.3 Å². The molecule has 0 atom stereocenters. The van der Waals surface area contributed by atoms with Crippen molar-refractivity contribution in [3.8, 4) is 21.9 Å². The molecule has 0 spiro atoms. The molecule has 5 aromatic rings. The number of nitrogens with one attached hydrogen (secondary N) is 3. The van der Waals surface area contributed by atoms with Gasteiger partial charge in [0, 0.05) is 22.7 Å². The summed E-state index contributed by atoms with van der Waals surface area (Å²) in [5.74, 6) is -1.09. The van der Waals surface area contributed by atoms with Crippen LogP contribution < -0.4 is 32.1 Å². The molecule has 230 valence electrons. The standard InChI is InChI=1S/C30H27F2N5O5S.ClH/c1-33-15-21-25-27(38)37(19-11-13-20(41-2)14-12-19)30(40)36(16-22-23(31)5-4-6-24(22)32)28(25)43-26(21)17-7-9-18(10-8-17)34-29(39)35-42-3;/h4-14,33H,15-16H2,1-3H3,(H2,34,35,39);1H. The van der Waals surface area contributed by atoms with Gasteiger partial charge < -0.3 is 15.4 Å². The van der Waals surface area contributed by atoms with Gasteiger partial charge in [-0.3, -0.25) is 14.2 Å². The lowest BCUT2D eigenvalue weighted by Crippen LogP contribution is -2.39. The minimum Gasteiger partial charge on any atom is -0.497 e. The zero-order valence-corrected chi connectivity index (χ0v) is 25.4. The fourth-order valence-corrected chi connectivity index (χ4v) is 6.05. The number of fused-ring (bicyclic) bond motifs is 1. The van der Waals surface area contributed by atoms with E-state index in [0.29, 0.717) is 27.4 Å². The van der Waals surface area contributed by atoms with Crippen LogP contribution in [0.5, 0.6) is 5.75 Å². The van der Waals surface area contributed by atoms with E-state index in [9.17, 15) is 23.2 Å². The van der Waals surface area contributed by atoms with Gasteiger partial charge in [-0.05, 0) is 66.7 Å². The van der Waals surface area contributed by atoms with Crippen molar-refractivity contribution in [3.63, 3.8) is 0 Å². The van der Waals surface area contributed by atoms with E-state index in [1.807, 2.05) is 0 Å². The Labute approximate surface area is 260 Å². The Balaban J connectivity index is 0.00000442. The maximum atomic E-state index is 14.8. The van der Waals surface area contributed by atoms with E-state index >= 15 is 0 Å². The van der Waals surface area contributed by atoms with Crippen molar-refractivity contribution >= 4 is 45.7 Å². The topological polar surface area (TPSA) is 116 Å². The Hall–Kier alpha value is -4.56. The summed E-state index contributed by atoms with van der Waals surface area (Å²) < 4.78 is 37.1. The summed E-state index contributed by atoms with van der Waals surface area (Å²) in [6.45, 7) is -0.184. The molecule has 0 aliphatic heterocycles. The highest BCUT2D eigenvalue weighted by Crippen LogP contribution is 2.38. The second-order valence-electron chi connectivity index (χ2n) is 9.37. The lowest BCUT2D eigenvalue weighted by molar-refractivity contribution is 0.114. The number of hydrogen-bond donors (Lipinski definition) is 3. The number of methoxy groups -OCH3 is 1. The van der Waals surface area contributed by atoms with Crippen LogP contribution >= 0.6 is 23.7 Å². The van der Waals surface area contributed by atoms with Crippen molar-refractivity contribution in [2.45, 2.75) is 13.1 Å². The molecule has 0 saturated carbocycles. The molecule has 5 rings (SSSR count). The molecule has 0 aliphatic carbocycles. The van der Waals surface area contributed by atoms with Crippen molar-refractivity contribution in [1.29, 1.82) is 0 Å². The largest absolute Gasteiger partial charge is 0.497 e. The second-order valence-corrected chi connectivity index (χ2v) is 10.4. The highest BCUT2D eigenvalue weighted by Gasteiger charge is 2.24. The number of halogens is 3. The van der Waals surface area contributed by atoms with Crippen LogP contribution in [0.3, 0.4) is 0 Å². The molecule has 0 radical (unpaired) electrons. The van der Waals surface area contributed by atoms with Crippen LogP contribution in [-0.2, 0) is 17.9 Å². The summed E-state index contributed by atoms with van der Waals surface area (Å²) in [7, 11) is 4.54. The van der Waals surface area contributed by atoms with Gasteiger partial charge in [-0.15, -0.1) is 23.7 Å². The summed E-state index contributed by atoms with van der Waals surface area (Å²) in [6.07, 6.45) is 0. The first-order valence-electron chi connectivity index (χ1n) is 13.0.